The molecular weight excluding hydrogens is 400 g/mol. The average Bonchev–Trinajstić information content (AvgIpc) is 2.73. The van der Waals surface area contributed by atoms with E-state index in [4.69, 9.17) is 0 Å². The summed E-state index contributed by atoms with van der Waals surface area (Å²) in [4.78, 5) is 26.5. The minimum atomic E-state index is -4.09. The third kappa shape index (κ3) is 3.37. The molecule has 0 saturated heterocycles. The second kappa shape index (κ2) is 7.42. The molecule has 3 aromatic rings. The lowest BCUT2D eigenvalue weighted by molar-refractivity contribution is 0.101. The monoisotopic (exact) mass is 420 g/mol. The fraction of sp³-hybridized carbons (Fsp3) is 0.130. The first-order valence-corrected chi connectivity index (χ1v) is 10.9. The van der Waals surface area contributed by atoms with Crippen LogP contribution in [0.2, 0.25) is 0 Å². The number of hydrogen-bond donors (Lipinski definition) is 0. The number of para-hydroxylation sites is 1. The van der Waals surface area contributed by atoms with E-state index in [9.17, 15) is 18.0 Å². The summed E-state index contributed by atoms with van der Waals surface area (Å²) in [6, 6.07) is 19.5. The lowest BCUT2D eigenvalue weighted by Crippen LogP contribution is -2.50. The number of nitrogens with zero attached hydrogens (tertiary/aromatic N) is 2. The van der Waals surface area contributed by atoms with E-state index in [2.05, 4.69) is 0 Å². The minimum Gasteiger partial charge on any atom is -0.295 e. The maximum atomic E-state index is 13.4. The first-order valence-electron chi connectivity index (χ1n) is 9.41. The van der Waals surface area contributed by atoms with Crippen molar-refractivity contribution in [3.8, 4) is 0 Å². The predicted octanol–water partition coefficient (Wildman–Crippen LogP) is 4.53. The zero-order valence-electron chi connectivity index (χ0n) is 16.6. The number of sulfonamides is 1. The van der Waals surface area contributed by atoms with Gasteiger partial charge in [0, 0.05) is 5.56 Å². The molecule has 152 valence electrons. The number of fused-ring (bicyclic) bond motifs is 1. The Morgan fingerprint density at radius 2 is 1.53 bits per heavy atom. The first kappa shape index (κ1) is 19.8. The van der Waals surface area contributed by atoms with Gasteiger partial charge in [-0.15, -0.1) is 0 Å². The van der Waals surface area contributed by atoms with Gasteiger partial charge in [-0.25, -0.2) is 13.2 Å². The molecule has 4 rings (SSSR count). The Morgan fingerprint density at radius 3 is 2.17 bits per heavy atom. The second-order valence-corrected chi connectivity index (χ2v) is 8.95. The number of Topliss-reactive ketones (excluding diaryl/α,β-unsaturated/α-hetero) is 1. The minimum absolute atomic E-state index is 0.0624. The van der Waals surface area contributed by atoms with Crippen molar-refractivity contribution in [2.24, 2.45) is 0 Å². The van der Waals surface area contributed by atoms with E-state index in [0.29, 0.717) is 11.3 Å². The molecule has 0 N–H and O–H groups in total. The molecule has 0 radical (unpaired) electrons. The molecule has 7 heteroatoms. The molecule has 0 fully saturated rings. The predicted molar refractivity (Wildman–Crippen MR) is 115 cm³/mol. The van der Waals surface area contributed by atoms with Crippen LogP contribution in [-0.2, 0) is 16.6 Å². The van der Waals surface area contributed by atoms with Crippen molar-refractivity contribution in [3.63, 3.8) is 0 Å². The normalized spacial score (nSPS) is 15.1. The third-order valence-electron chi connectivity index (χ3n) is 5.05. The standard InChI is InChI=1S/C23H20N2O4S/c1-16-7-9-18(10-8-16)15-24-21-5-3-4-6-22(21)30(28,29)25(23(24)27)20-13-11-19(12-14-20)17(2)26/h3-14H,15H2,1-2H3. The van der Waals surface area contributed by atoms with Crippen molar-refractivity contribution in [3.05, 3.63) is 89.5 Å². The van der Waals surface area contributed by atoms with Crippen LogP contribution in [-0.4, -0.2) is 20.2 Å². The fourth-order valence-corrected chi connectivity index (χ4v) is 5.01. The van der Waals surface area contributed by atoms with Gasteiger partial charge in [-0.05, 0) is 55.8 Å². The largest absolute Gasteiger partial charge is 0.343 e. The van der Waals surface area contributed by atoms with Crippen LogP contribution in [0, 0.1) is 6.92 Å². The Hall–Kier alpha value is -3.45. The van der Waals surface area contributed by atoms with Crippen LogP contribution in [0.4, 0.5) is 16.2 Å². The molecule has 0 aliphatic carbocycles. The molecule has 30 heavy (non-hydrogen) atoms. The van der Waals surface area contributed by atoms with Gasteiger partial charge in [0.1, 0.15) is 4.90 Å². The number of carbonyl (C=O) groups excluding carboxylic acids is 2. The van der Waals surface area contributed by atoms with Crippen LogP contribution < -0.4 is 9.21 Å². The summed E-state index contributed by atoms with van der Waals surface area (Å²) >= 11 is 0. The van der Waals surface area contributed by atoms with E-state index in [1.54, 1.807) is 18.2 Å². The molecule has 0 saturated carbocycles. The number of urea groups is 1. The second-order valence-electron chi connectivity index (χ2n) is 7.19. The highest BCUT2D eigenvalue weighted by Gasteiger charge is 2.42. The van der Waals surface area contributed by atoms with Gasteiger partial charge in [0.25, 0.3) is 10.0 Å². The van der Waals surface area contributed by atoms with E-state index in [1.165, 1.54) is 42.2 Å². The van der Waals surface area contributed by atoms with Gasteiger partial charge in [0.2, 0.25) is 0 Å². The Morgan fingerprint density at radius 1 is 0.900 bits per heavy atom. The Labute approximate surface area is 175 Å². The molecule has 3 aromatic carbocycles. The summed E-state index contributed by atoms with van der Waals surface area (Å²) in [5, 5.41) is 0. The highest BCUT2D eigenvalue weighted by atomic mass is 32.2. The molecule has 0 atom stereocenters. The molecular formula is C23H20N2O4S. The van der Waals surface area contributed by atoms with E-state index in [0.717, 1.165) is 15.4 Å². The van der Waals surface area contributed by atoms with Gasteiger partial charge >= 0.3 is 6.03 Å². The van der Waals surface area contributed by atoms with Gasteiger partial charge < -0.3 is 0 Å². The van der Waals surface area contributed by atoms with Gasteiger partial charge in [0.05, 0.1) is 17.9 Å². The highest BCUT2D eigenvalue weighted by molar-refractivity contribution is 7.94. The molecule has 0 unspecified atom stereocenters. The van der Waals surface area contributed by atoms with Crippen molar-refractivity contribution in [1.29, 1.82) is 0 Å². The molecule has 0 spiro atoms. The SMILES string of the molecule is CC(=O)c1ccc(N2C(=O)N(Cc3ccc(C)cc3)c3ccccc3S2(=O)=O)cc1. The average molecular weight is 420 g/mol. The molecule has 0 aromatic heterocycles. The Kier molecular flexibility index (Phi) is 4.91. The number of ketones is 1. The molecule has 1 aliphatic heterocycles. The number of benzene rings is 3. The van der Waals surface area contributed by atoms with Crippen molar-refractivity contribution >= 4 is 33.2 Å². The number of aryl methyl sites for hydroxylation is 1. The molecule has 2 amide bonds. The van der Waals surface area contributed by atoms with E-state index in [1.807, 2.05) is 31.2 Å². The van der Waals surface area contributed by atoms with E-state index < -0.39 is 16.1 Å². The van der Waals surface area contributed by atoms with Gasteiger partial charge in [-0.3, -0.25) is 9.69 Å². The summed E-state index contributed by atoms with van der Waals surface area (Å²) in [5.74, 6) is -0.138. The number of amides is 2. The van der Waals surface area contributed by atoms with Crippen molar-refractivity contribution in [1.82, 2.24) is 0 Å². The van der Waals surface area contributed by atoms with Gasteiger partial charge in [0.15, 0.2) is 5.78 Å². The maximum absolute atomic E-state index is 13.4. The molecule has 1 aliphatic rings. The van der Waals surface area contributed by atoms with E-state index >= 15 is 0 Å². The van der Waals surface area contributed by atoms with Gasteiger partial charge in [-0.2, -0.15) is 4.31 Å². The number of hydrogen-bond acceptors (Lipinski definition) is 4. The number of rotatable bonds is 4. The van der Waals surface area contributed by atoms with Crippen molar-refractivity contribution in [2.45, 2.75) is 25.3 Å². The zero-order chi connectivity index (χ0) is 21.5. The Balaban J connectivity index is 1.82. The molecule has 6 nitrogen and oxygen atoms in total. The third-order valence-corrected chi connectivity index (χ3v) is 6.80. The quantitative estimate of drug-likeness (QED) is 0.581. The summed E-state index contributed by atoms with van der Waals surface area (Å²) in [5.41, 5.74) is 2.96. The van der Waals surface area contributed by atoms with Crippen LogP contribution in [0.25, 0.3) is 0 Å². The Bertz CT molecular complexity index is 1230. The van der Waals surface area contributed by atoms with Crippen LogP contribution in [0.15, 0.2) is 77.7 Å². The maximum Gasteiger partial charge on any atom is 0.343 e. The first-order chi connectivity index (χ1) is 14.3. The summed E-state index contributed by atoms with van der Waals surface area (Å²) in [6.07, 6.45) is 0. The number of anilines is 2. The fourth-order valence-electron chi connectivity index (χ4n) is 3.42. The molecule has 1 heterocycles. The van der Waals surface area contributed by atoms with Crippen molar-refractivity contribution < 1.29 is 18.0 Å². The lowest BCUT2D eigenvalue weighted by atomic mass is 10.1. The zero-order valence-corrected chi connectivity index (χ0v) is 17.4. The summed E-state index contributed by atoms with van der Waals surface area (Å²) in [6.45, 7) is 3.63. The van der Waals surface area contributed by atoms with Crippen molar-refractivity contribution in [2.75, 3.05) is 9.21 Å². The van der Waals surface area contributed by atoms with Crippen LogP contribution in [0.1, 0.15) is 28.4 Å². The molecule has 0 bridgehead atoms. The highest BCUT2D eigenvalue weighted by Crippen LogP contribution is 2.37. The van der Waals surface area contributed by atoms with Crippen LogP contribution in [0.5, 0.6) is 0 Å². The smallest absolute Gasteiger partial charge is 0.295 e. The summed E-state index contributed by atoms with van der Waals surface area (Å²) in [7, 11) is -4.09. The van der Waals surface area contributed by atoms with Crippen LogP contribution in [0.3, 0.4) is 0 Å². The van der Waals surface area contributed by atoms with Crippen LogP contribution >= 0.6 is 0 Å². The lowest BCUT2D eigenvalue weighted by Gasteiger charge is -2.36. The summed E-state index contributed by atoms with van der Waals surface area (Å²) < 4.78 is 27.4. The number of carbonyl (C=O) groups is 2. The van der Waals surface area contributed by atoms with E-state index in [-0.39, 0.29) is 22.9 Å². The van der Waals surface area contributed by atoms with Gasteiger partial charge in [-0.1, -0.05) is 42.0 Å². The topological polar surface area (TPSA) is 74.8 Å².